The molecule has 1 heterocycles. The highest BCUT2D eigenvalue weighted by Gasteiger charge is 2.22. The van der Waals surface area contributed by atoms with E-state index in [1.54, 1.807) is 18.3 Å². The molecule has 0 aliphatic carbocycles. The molecule has 1 N–H and O–H groups in total. The zero-order chi connectivity index (χ0) is 15.5. The third kappa shape index (κ3) is 3.66. The Morgan fingerprint density at radius 1 is 1.38 bits per heavy atom. The summed E-state index contributed by atoms with van der Waals surface area (Å²) in [7, 11) is -2.60. The first-order valence-corrected chi connectivity index (χ1v) is 8.32. The summed E-state index contributed by atoms with van der Waals surface area (Å²) >= 11 is 1.41. The minimum Gasteiger partial charge on any atom is -0.465 e. The highest BCUT2D eigenvalue weighted by atomic mass is 32.2. The van der Waals surface area contributed by atoms with Gasteiger partial charge in [-0.3, -0.25) is 0 Å². The number of thiazole rings is 1. The van der Waals surface area contributed by atoms with Crippen LogP contribution in [0, 0.1) is 6.92 Å². The second kappa shape index (κ2) is 6.33. The Balaban J connectivity index is 2.25. The third-order valence-electron chi connectivity index (χ3n) is 2.69. The topological polar surface area (TPSA) is 85.4 Å². The van der Waals surface area contributed by atoms with E-state index < -0.39 is 16.0 Å². The molecule has 1 aromatic carbocycles. The monoisotopic (exact) mass is 326 g/mol. The van der Waals surface area contributed by atoms with Gasteiger partial charge in [0.2, 0.25) is 10.0 Å². The first-order chi connectivity index (χ1) is 9.94. The van der Waals surface area contributed by atoms with Gasteiger partial charge in [0.1, 0.15) is 0 Å². The van der Waals surface area contributed by atoms with Crippen LogP contribution in [0.25, 0.3) is 0 Å². The number of carbonyl (C=O) groups excluding carboxylic acids is 1. The van der Waals surface area contributed by atoms with Crippen LogP contribution in [0.15, 0.2) is 35.4 Å². The van der Waals surface area contributed by atoms with Crippen molar-refractivity contribution in [3.05, 3.63) is 45.9 Å². The fourth-order valence-electron chi connectivity index (χ4n) is 1.71. The molecule has 8 heteroatoms. The molecule has 0 saturated heterocycles. The molecule has 0 unspecified atom stereocenters. The molecule has 6 nitrogen and oxygen atoms in total. The van der Waals surface area contributed by atoms with Crippen LogP contribution in [0.5, 0.6) is 0 Å². The maximum absolute atomic E-state index is 12.3. The lowest BCUT2D eigenvalue weighted by molar-refractivity contribution is 0.0596. The van der Waals surface area contributed by atoms with Crippen molar-refractivity contribution in [1.82, 2.24) is 9.71 Å². The second-order valence-corrected chi connectivity index (χ2v) is 7.21. The van der Waals surface area contributed by atoms with Crippen LogP contribution < -0.4 is 4.72 Å². The number of benzene rings is 1. The van der Waals surface area contributed by atoms with Crippen LogP contribution in [0.2, 0.25) is 0 Å². The Bertz CT molecular complexity index is 753. The number of sulfonamides is 1. The third-order valence-corrected chi connectivity index (χ3v) is 5.06. The summed E-state index contributed by atoms with van der Waals surface area (Å²) in [6, 6.07) is 5.92. The molecular weight excluding hydrogens is 312 g/mol. The maximum atomic E-state index is 12.3. The standard InChI is InChI=1S/C13H14N2O4S2/c1-9-14-7-10(20-9)8-15-21(17,18)12-6-4-3-5-11(12)13(16)19-2/h3-7,15H,8H2,1-2H3. The van der Waals surface area contributed by atoms with Gasteiger partial charge in [0.25, 0.3) is 0 Å². The molecular formula is C13H14N2O4S2. The van der Waals surface area contributed by atoms with E-state index in [0.717, 1.165) is 9.88 Å². The zero-order valence-corrected chi connectivity index (χ0v) is 13.1. The van der Waals surface area contributed by atoms with Crippen LogP contribution in [-0.4, -0.2) is 26.5 Å². The normalized spacial score (nSPS) is 11.3. The van der Waals surface area contributed by atoms with E-state index >= 15 is 0 Å². The van der Waals surface area contributed by atoms with Gasteiger partial charge in [-0.15, -0.1) is 11.3 Å². The lowest BCUT2D eigenvalue weighted by atomic mass is 10.2. The number of aromatic nitrogens is 1. The number of ether oxygens (including phenoxy) is 1. The van der Waals surface area contributed by atoms with E-state index in [9.17, 15) is 13.2 Å². The van der Waals surface area contributed by atoms with Gasteiger partial charge in [-0.05, 0) is 19.1 Å². The minimum atomic E-state index is -3.81. The number of aryl methyl sites for hydroxylation is 1. The fraction of sp³-hybridized carbons (Fsp3) is 0.231. The summed E-state index contributed by atoms with van der Waals surface area (Å²) in [5.74, 6) is -0.690. The Labute approximate surface area is 126 Å². The quantitative estimate of drug-likeness (QED) is 0.846. The lowest BCUT2D eigenvalue weighted by Crippen LogP contribution is -2.25. The van der Waals surface area contributed by atoms with Gasteiger partial charge >= 0.3 is 5.97 Å². The predicted molar refractivity (Wildman–Crippen MR) is 78.7 cm³/mol. The van der Waals surface area contributed by atoms with E-state index in [1.165, 1.54) is 30.6 Å². The largest absolute Gasteiger partial charge is 0.465 e. The van der Waals surface area contributed by atoms with Gasteiger partial charge < -0.3 is 4.74 Å². The molecule has 0 bridgehead atoms. The van der Waals surface area contributed by atoms with Gasteiger partial charge in [-0.2, -0.15) is 0 Å². The highest BCUT2D eigenvalue weighted by Crippen LogP contribution is 2.18. The van der Waals surface area contributed by atoms with Crippen LogP contribution in [-0.2, 0) is 21.3 Å². The van der Waals surface area contributed by atoms with E-state index in [4.69, 9.17) is 0 Å². The number of carbonyl (C=O) groups is 1. The van der Waals surface area contributed by atoms with Crippen molar-refractivity contribution in [3.8, 4) is 0 Å². The van der Waals surface area contributed by atoms with Gasteiger partial charge in [-0.25, -0.2) is 22.9 Å². The Hall–Kier alpha value is -1.77. The van der Waals surface area contributed by atoms with Gasteiger partial charge in [0, 0.05) is 17.6 Å². The Morgan fingerprint density at radius 3 is 2.71 bits per heavy atom. The van der Waals surface area contributed by atoms with Crippen molar-refractivity contribution in [3.63, 3.8) is 0 Å². The molecule has 1 aromatic heterocycles. The molecule has 0 aliphatic heterocycles. The SMILES string of the molecule is COC(=O)c1ccccc1S(=O)(=O)NCc1cnc(C)s1. The van der Waals surface area contributed by atoms with Crippen molar-refractivity contribution < 1.29 is 17.9 Å². The average Bonchev–Trinajstić information content (AvgIpc) is 2.90. The average molecular weight is 326 g/mol. The number of esters is 1. The Morgan fingerprint density at radius 2 is 2.10 bits per heavy atom. The number of nitrogens with one attached hydrogen (secondary N) is 1. The molecule has 2 aromatic rings. The molecule has 0 atom stereocenters. The first-order valence-electron chi connectivity index (χ1n) is 6.02. The molecule has 0 spiro atoms. The molecule has 2 rings (SSSR count). The van der Waals surface area contributed by atoms with E-state index in [1.807, 2.05) is 6.92 Å². The number of rotatable bonds is 5. The summed E-state index contributed by atoms with van der Waals surface area (Å²) < 4.78 is 31.7. The summed E-state index contributed by atoms with van der Waals surface area (Å²) in [6.07, 6.45) is 1.62. The second-order valence-electron chi connectivity index (χ2n) is 4.16. The summed E-state index contributed by atoms with van der Waals surface area (Å²) in [5.41, 5.74) is 0.00739. The van der Waals surface area contributed by atoms with Crippen LogP contribution in [0.3, 0.4) is 0 Å². The van der Waals surface area contributed by atoms with Gasteiger partial charge in [-0.1, -0.05) is 12.1 Å². The number of hydrogen-bond acceptors (Lipinski definition) is 6. The van der Waals surface area contributed by atoms with Crippen LogP contribution in [0.4, 0.5) is 0 Å². The molecule has 0 saturated carbocycles. The number of hydrogen-bond donors (Lipinski definition) is 1. The van der Waals surface area contributed by atoms with Crippen molar-refractivity contribution in [2.45, 2.75) is 18.4 Å². The fourth-order valence-corrected chi connectivity index (χ4v) is 3.74. The molecule has 0 fully saturated rings. The van der Waals surface area contributed by atoms with Gasteiger partial charge in [0.05, 0.1) is 22.6 Å². The summed E-state index contributed by atoms with van der Waals surface area (Å²) in [6.45, 7) is 1.97. The van der Waals surface area contributed by atoms with E-state index in [2.05, 4.69) is 14.4 Å². The molecule has 21 heavy (non-hydrogen) atoms. The Kier molecular flexibility index (Phi) is 4.71. The van der Waals surface area contributed by atoms with Crippen LogP contribution >= 0.6 is 11.3 Å². The summed E-state index contributed by atoms with van der Waals surface area (Å²) in [4.78, 5) is 16.4. The molecule has 0 amide bonds. The first kappa shape index (κ1) is 15.6. The maximum Gasteiger partial charge on any atom is 0.339 e. The van der Waals surface area contributed by atoms with Crippen molar-refractivity contribution in [2.24, 2.45) is 0 Å². The zero-order valence-electron chi connectivity index (χ0n) is 11.5. The molecule has 112 valence electrons. The van der Waals surface area contributed by atoms with E-state index in [-0.39, 0.29) is 17.0 Å². The number of nitrogens with zero attached hydrogens (tertiary/aromatic N) is 1. The predicted octanol–water partition coefficient (Wildman–Crippen LogP) is 1.72. The number of methoxy groups -OCH3 is 1. The smallest absolute Gasteiger partial charge is 0.339 e. The molecule has 0 radical (unpaired) electrons. The minimum absolute atomic E-state index is 0.00739. The molecule has 0 aliphatic rings. The van der Waals surface area contributed by atoms with Crippen LogP contribution in [0.1, 0.15) is 20.2 Å². The van der Waals surface area contributed by atoms with Crippen molar-refractivity contribution in [1.29, 1.82) is 0 Å². The van der Waals surface area contributed by atoms with Crippen molar-refractivity contribution in [2.75, 3.05) is 7.11 Å². The van der Waals surface area contributed by atoms with E-state index in [0.29, 0.717) is 0 Å². The summed E-state index contributed by atoms with van der Waals surface area (Å²) in [5, 5.41) is 0.860. The van der Waals surface area contributed by atoms with Crippen molar-refractivity contribution >= 4 is 27.3 Å². The lowest BCUT2D eigenvalue weighted by Gasteiger charge is -2.09. The van der Waals surface area contributed by atoms with Gasteiger partial charge in [0.15, 0.2) is 0 Å². The highest BCUT2D eigenvalue weighted by molar-refractivity contribution is 7.89.